The first-order valence-electron chi connectivity index (χ1n) is 4.70. The molecule has 0 amide bonds. The van der Waals surface area contributed by atoms with Crippen LogP contribution >= 0.6 is 15.9 Å². The van der Waals surface area contributed by atoms with E-state index in [1.54, 1.807) is 12.1 Å². The van der Waals surface area contributed by atoms with Gasteiger partial charge in [0.1, 0.15) is 12.9 Å². The molecule has 0 bridgehead atoms. The summed E-state index contributed by atoms with van der Waals surface area (Å²) in [4.78, 5) is 4.76. The number of oxime groups is 1. The topological polar surface area (TPSA) is 21.6 Å². The van der Waals surface area contributed by atoms with Gasteiger partial charge < -0.3 is 4.84 Å². The van der Waals surface area contributed by atoms with Gasteiger partial charge in [0.15, 0.2) is 0 Å². The molecule has 0 aliphatic heterocycles. The molecule has 2 nitrogen and oxygen atoms in total. The standard InChI is InChI=1S/C11H13BrFNO/c1-15-14-11(3-2-8-12)9-4-6-10(13)7-5-9/h4-7H,2-3,8H2,1H3. The highest BCUT2D eigenvalue weighted by molar-refractivity contribution is 9.09. The molecule has 0 spiro atoms. The minimum Gasteiger partial charge on any atom is -0.399 e. The Morgan fingerprint density at radius 3 is 2.60 bits per heavy atom. The fraction of sp³-hybridized carbons (Fsp3) is 0.364. The number of nitrogens with zero attached hydrogens (tertiary/aromatic N) is 1. The predicted octanol–water partition coefficient (Wildman–Crippen LogP) is 3.35. The Bertz CT molecular complexity index is 324. The Balaban J connectivity index is 2.79. The zero-order valence-electron chi connectivity index (χ0n) is 8.54. The van der Waals surface area contributed by atoms with Crippen LogP contribution in [0.4, 0.5) is 4.39 Å². The Morgan fingerprint density at radius 1 is 1.40 bits per heavy atom. The van der Waals surface area contributed by atoms with Crippen molar-refractivity contribution in [1.82, 2.24) is 0 Å². The van der Waals surface area contributed by atoms with Gasteiger partial charge in [-0.3, -0.25) is 0 Å². The minimum absolute atomic E-state index is 0.240. The van der Waals surface area contributed by atoms with E-state index in [0.717, 1.165) is 29.4 Å². The average molecular weight is 274 g/mol. The van der Waals surface area contributed by atoms with E-state index >= 15 is 0 Å². The molecule has 0 fully saturated rings. The second-order valence-electron chi connectivity index (χ2n) is 3.02. The van der Waals surface area contributed by atoms with Crippen molar-refractivity contribution in [2.24, 2.45) is 5.16 Å². The van der Waals surface area contributed by atoms with E-state index in [1.807, 2.05) is 0 Å². The predicted molar refractivity (Wildman–Crippen MR) is 63.0 cm³/mol. The Morgan fingerprint density at radius 2 is 2.07 bits per heavy atom. The monoisotopic (exact) mass is 273 g/mol. The number of alkyl halides is 1. The summed E-state index contributed by atoms with van der Waals surface area (Å²) >= 11 is 3.36. The molecule has 1 aromatic rings. The summed E-state index contributed by atoms with van der Waals surface area (Å²) in [6.45, 7) is 0. The van der Waals surface area contributed by atoms with Gasteiger partial charge in [0.05, 0.1) is 5.71 Å². The third kappa shape index (κ3) is 4.00. The smallest absolute Gasteiger partial charge is 0.123 e. The molecule has 0 unspecified atom stereocenters. The lowest BCUT2D eigenvalue weighted by molar-refractivity contribution is 0.213. The highest BCUT2D eigenvalue weighted by Gasteiger charge is 2.04. The molecule has 1 rings (SSSR count). The van der Waals surface area contributed by atoms with E-state index < -0.39 is 0 Å². The zero-order chi connectivity index (χ0) is 11.1. The highest BCUT2D eigenvalue weighted by atomic mass is 79.9. The van der Waals surface area contributed by atoms with Crippen LogP contribution in [-0.4, -0.2) is 18.2 Å². The van der Waals surface area contributed by atoms with Crippen molar-refractivity contribution in [3.63, 3.8) is 0 Å². The molecule has 0 atom stereocenters. The van der Waals surface area contributed by atoms with Gasteiger partial charge in [-0.15, -0.1) is 0 Å². The maximum absolute atomic E-state index is 12.7. The Kier molecular flexibility index (Phi) is 5.32. The number of halogens is 2. The van der Waals surface area contributed by atoms with Gasteiger partial charge in [-0.25, -0.2) is 4.39 Å². The summed E-state index contributed by atoms with van der Waals surface area (Å²) in [5.41, 5.74) is 1.75. The van der Waals surface area contributed by atoms with Crippen molar-refractivity contribution in [1.29, 1.82) is 0 Å². The second-order valence-corrected chi connectivity index (χ2v) is 3.81. The van der Waals surface area contributed by atoms with Crippen LogP contribution in [0.3, 0.4) is 0 Å². The first-order valence-corrected chi connectivity index (χ1v) is 5.82. The van der Waals surface area contributed by atoms with Crippen LogP contribution in [0.1, 0.15) is 18.4 Å². The summed E-state index contributed by atoms with van der Waals surface area (Å²) in [5, 5.41) is 4.85. The van der Waals surface area contributed by atoms with Crippen LogP contribution in [0.2, 0.25) is 0 Å². The van der Waals surface area contributed by atoms with E-state index in [1.165, 1.54) is 19.2 Å². The van der Waals surface area contributed by atoms with Crippen molar-refractivity contribution in [2.75, 3.05) is 12.4 Å². The molecule has 0 saturated carbocycles. The lowest BCUT2D eigenvalue weighted by Crippen LogP contribution is -2.02. The Hall–Kier alpha value is -0.900. The van der Waals surface area contributed by atoms with Gasteiger partial charge in [-0.1, -0.05) is 33.2 Å². The average Bonchev–Trinajstić information content (AvgIpc) is 2.25. The van der Waals surface area contributed by atoms with Crippen LogP contribution in [-0.2, 0) is 4.84 Å². The fourth-order valence-corrected chi connectivity index (χ4v) is 1.51. The molecular formula is C11H13BrFNO. The number of hydrogen-bond donors (Lipinski definition) is 0. The summed E-state index contributed by atoms with van der Waals surface area (Å²) < 4.78 is 12.7. The molecule has 0 radical (unpaired) electrons. The molecule has 1 aromatic carbocycles. The van der Waals surface area contributed by atoms with Crippen molar-refractivity contribution < 1.29 is 9.23 Å². The van der Waals surface area contributed by atoms with Crippen LogP contribution in [0, 0.1) is 5.82 Å². The molecular weight excluding hydrogens is 261 g/mol. The SMILES string of the molecule is CON=C(CCCBr)c1ccc(F)cc1. The molecule has 0 saturated heterocycles. The van der Waals surface area contributed by atoms with Gasteiger partial charge in [0.25, 0.3) is 0 Å². The third-order valence-corrected chi connectivity index (χ3v) is 2.49. The maximum Gasteiger partial charge on any atom is 0.123 e. The zero-order valence-corrected chi connectivity index (χ0v) is 10.1. The van der Waals surface area contributed by atoms with E-state index in [4.69, 9.17) is 4.84 Å². The van der Waals surface area contributed by atoms with Gasteiger partial charge in [-0.05, 0) is 30.5 Å². The molecule has 82 valence electrons. The second kappa shape index (κ2) is 6.56. The number of benzene rings is 1. The van der Waals surface area contributed by atoms with Gasteiger partial charge in [0, 0.05) is 5.33 Å². The van der Waals surface area contributed by atoms with Crippen molar-refractivity contribution in [2.45, 2.75) is 12.8 Å². The highest BCUT2D eigenvalue weighted by Crippen LogP contribution is 2.09. The van der Waals surface area contributed by atoms with Crippen molar-refractivity contribution in [3.8, 4) is 0 Å². The van der Waals surface area contributed by atoms with Gasteiger partial charge in [0.2, 0.25) is 0 Å². The minimum atomic E-state index is -0.240. The molecule has 15 heavy (non-hydrogen) atoms. The van der Waals surface area contributed by atoms with Gasteiger partial charge in [-0.2, -0.15) is 0 Å². The lowest BCUT2D eigenvalue weighted by atomic mass is 10.1. The molecule has 0 aliphatic carbocycles. The summed E-state index contributed by atoms with van der Waals surface area (Å²) in [5.74, 6) is -0.240. The molecule has 0 heterocycles. The summed E-state index contributed by atoms with van der Waals surface area (Å²) in [7, 11) is 1.51. The van der Waals surface area contributed by atoms with E-state index in [0.29, 0.717) is 0 Å². The molecule has 0 N–H and O–H groups in total. The summed E-state index contributed by atoms with van der Waals surface area (Å²) in [6.07, 6.45) is 1.78. The Labute approximate surface area is 97.3 Å². The first-order chi connectivity index (χ1) is 7.27. The van der Waals surface area contributed by atoms with Crippen molar-refractivity contribution in [3.05, 3.63) is 35.6 Å². The fourth-order valence-electron chi connectivity index (χ4n) is 1.23. The third-order valence-electron chi connectivity index (χ3n) is 1.93. The normalized spacial score (nSPS) is 11.5. The molecule has 4 heteroatoms. The van der Waals surface area contributed by atoms with Crippen LogP contribution in [0.25, 0.3) is 0 Å². The van der Waals surface area contributed by atoms with Crippen LogP contribution in [0.5, 0.6) is 0 Å². The number of hydrogen-bond acceptors (Lipinski definition) is 2. The quantitative estimate of drug-likeness (QED) is 0.458. The van der Waals surface area contributed by atoms with Crippen molar-refractivity contribution >= 4 is 21.6 Å². The van der Waals surface area contributed by atoms with Crippen LogP contribution < -0.4 is 0 Å². The van der Waals surface area contributed by atoms with Gasteiger partial charge >= 0.3 is 0 Å². The molecule has 0 aliphatic rings. The maximum atomic E-state index is 12.7. The van der Waals surface area contributed by atoms with Crippen LogP contribution in [0.15, 0.2) is 29.4 Å². The van der Waals surface area contributed by atoms with E-state index in [9.17, 15) is 4.39 Å². The largest absolute Gasteiger partial charge is 0.399 e. The van der Waals surface area contributed by atoms with E-state index in [-0.39, 0.29) is 5.82 Å². The van der Waals surface area contributed by atoms with E-state index in [2.05, 4.69) is 21.1 Å². The first kappa shape index (κ1) is 12.2. The lowest BCUT2D eigenvalue weighted by Gasteiger charge is -2.04. The number of rotatable bonds is 5. The molecule has 0 aromatic heterocycles. The summed E-state index contributed by atoms with van der Waals surface area (Å²) in [6, 6.07) is 6.27.